The maximum absolute atomic E-state index is 15.3. The van der Waals surface area contributed by atoms with Crippen LogP contribution in [0.25, 0.3) is 43.8 Å². The number of esters is 1. The van der Waals surface area contributed by atoms with Crippen LogP contribution in [0.3, 0.4) is 0 Å². The van der Waals surface area contributed by atoms with Gasteiger partial charge in [0.1, 0.15) is 58.0 Å². The number of hydrogen-bond donors (Lipinski definition) is 3. The molecule has 0 bridgehead atoms. The number of methoxy groups -OCH3 is 3. The van der Waals surface area contributed by atoms with Crippen molar-refractivity contribution in [3.63, 3.8) is 0 Å². The average Bonchev–Trinajstić information content (AvgIpc) is 0.782. The molecule has 2 amide bonds. The van der Waals surface area contributed by atoms with E-state index in [2.05, 4.69) is 10.6 Å². The van der Waals surface area contributed by atoms with Crippen molar-refractivity contribution in [1.82, 2.24) is 19.8 Å². The number of fused-ring (bicyclic) bond motifs is 2. The molecule has 0 aliphatic carbocycles. The van der Waals surface area contributed by atoms with E-state index in [0.29, 0.717) is 112 Å². The summed E-state index contributed by atoms with van der Waals surface area (Å²) in [6, 6.07) is 26.3. The van der Waals surface area contributed by atoms with E-state index in [0.717, 1.165) is 48.9 Å². The number of nitrogens with zero attached hydrogens (tertiary/aromatic N) is 4. The Morgan fingerprint density at radius 3 is 1.28 bits per heavy atom. The summed E-state index contributed by atoms with van der Waals surface area (Å²) in [6.07, 6.45) is 2.33. The van der Waals surface area contributed by atoms with Gasteiger partial charge in [-0.25, -0.2) is 27.2 Å². The first-order valence-electron chi connectivity index (χ1n) is 30.7. The van der Waals surface area contributed by atoms with Gasteiger partial charge >= 0.3 is 30.8 Å². The molecule has 2 aromatic heterocycles. The van der Waals surface area contributed by atoms with Crippen molar-refractivity contribution in [2.24, 2.45) is 14.1 Å². The number of aromatic nitrogens is 2. The number of anilines is 2. The summed E-state index contributed by atoms with van der Waals surface area (Å²) < 4.78 is 95.6. The molecule has 0 saturated carbocycles. The number of ether oxygens (including phenoxy) is 6. The molecule has 11 rings (SSSR count). The number of nitrogens with one attached hydrogen (secondary N) is 2. The predicted molar refractivity (Wildman–Crippen MR) is 351 cm³/mol. The van der Waals surface area contributed by atoms with E-state index in [1.54, 1.807) is 80.5 Å². The van der Waals surface area contributed by atoms with Crippen molar-refractivity contribution in [3.05, 3.63) is 187 Å². The number of carbonyl (C=O) groups excluding carboxylic acids is 3. The van der Waals surface area contributed by atoms with Crippen LogP contribution in [0.2, 0.25) is 0 Å². The van der Waals surface area contributed by atoms with Crippen LogP contribution in [0, 0.1) is 37.1 Å². The molecule has 20 nitrogen and oxygen atoms in total. The second-order valence-electron chi connectivity index (χ2n) is 23.3. The third kappa shape index (κ3) is 16.3. The summed E-state index contributed by atoms with van der Waals surface area (Å²) in [5.41, 5.74) is 3.03. The summed E-state index contributed by atoms with van der Waals surface area (Å²) in [5, 5.41) is 17.5. The molecular weight excluding hydrogens is 1240 g/mol. The molecule has 3 fully saturated rings. The van der Waals surface area contributed by atoms with Gasteiger partial charge in [-0.05, 0) is 109 Å². The molecule has 5 heterocycles. The Balaban J connectivity index is 0.000000247. The molecule has 25 heteroatoms. The summed E-state index contributed by atoms with van der Waals surface area (Å²) >= 11 is 0. The van der Waals surface area contributed by atoms with E-state index in [-0.39, 0.29) is 66.1 Å². The Bertz CT molecular complexity index is 4240. The minimum atomic E-state index is -1.50. The van der Waals surface area contributed by atoms with Gasteiger partial charge in [0.05, 0.1) is 58.9 Å². The van der Waals surface area contributed by atoms with Crippen molar-refractivity contribution in [2.45, 2.75) is 77.5 Å². The number of amides is 2. The first-order valence-corrected chi connectivity index (χ1v) is 30.7. The maximum atomic E-state index is 15.3. The number of aliphatic carboxylic acids is 1. The van der Waals surface area contributed by atoms with E-state index in [1.165, 1.54) is 43.3 Å². The fourth-order valence-electron chi connectivity index (χ4n) is 12.0. The van der Waals surface area contributed by atoms with Crippen LogP contribution < -0.4 is 59.9 Å². The monoisotopic (exact) mass is 1320 g/mol. The van der Waals surface area contributed by atoms with Crippen LogP contribution in [0.1, 0.15) is 69.9 Å². The van der Waals surface area contributed by atoms with E-state index >= 15 is 17.6 Å². The number of aryl methyl sites for hydroxylation is 2. The fourth-order valence-corrected chi connectivity index (χ4v) is 12.0. The number of hydrogen-bond acceptors (Lipinski definition) is 15. The summed E-state index contributed by atoms with van der Waals surface area (Å²) in [6.45, 7) is 11.9. The second-order valence-corrected chi connectivity index (χ2v) is 23.3. The van der Waals surface area contributed by atoms with Crippen molar-refractivity contribution in [1.29, 1.82) is 0 Å². The van der Waals surface area contributed by atoms with Gasteiger partial charge in [0.2, 0.25) is 0 Å². The zero-order valence-corrected chi connectivity index (χ0v) is 55.3. The summed E-state index contributed by atoms with van der Waals surface area (Å²) in [7, 11) is 7.50. The molecule has 0 spiro atoms. The molecule has 96 heavy (non-hydrogen) atoms. The first kappa shape index (κ1) is 74.4. The van der Waals surface area contributed by atoms with Crippen molar-refractivity contribution in [2.75, 3.05) is 83.9 Å². The van der Waals surface area contributed by atoms with Crippen molar-refractivity contribution in [3.8, 4) is 33.8 Å². The SMILES string of the molecule is C1CCOC1.COC(=O)[C@H](Cc1ccc(-c2c(OC)cc(C)n(C)c2=O)c2ccccc12)NC(=O)c1c(F)cc(N2CCOC[C@@H]2C)cc1F.COc1cc(C)n(C)c(=O)c1-c1ccc(C[C@H](NC(=O)c2c(F)cc(N3CCOC[C@@H]3C)cc2F)C(=O)O)c2ccccc12.[Li+].[OH-]. The third-order valence-electron chi connectivity index (χ3n) is 17.3. The quantitative estimate of drug-likeness (QED) is 0.0523. The number of halogens is 4. The van der Waals surface area contributed by atoms with Crippen molar-refractivity contribution < 1.29 is 94.6 Å². The number of carboxylic acids is 1. The zero-order chi connectivity index (χ0) is 67.7. The van der Waals surface area contributed by atoms with Crippen LogP contribution in [0.15, 0.2) is 119 Å². The van der Waals surface area contributed by atoms with Gasteiger partial charge in [0.25, 0.3) is 22.9 Å². The van der Waals surface area contributed by atoms with Gasteiger partial charge in [-0.15, -0.1) is 0 Å². The third-order valence-corrected chi connectivity index (χ3v) is 17.3. The van der Waals surface area contributed by atoms with Crippen LogP contribution in [-0.4, -0.2) is 142 Å². The van der Waals surface area contributed by atoms with Gasteiger partial charge < -0.3 is 68.6 Å². The largest absolute Gasteiger partial charge is 1.00 e. The molecule has 6 aromatic carbocycles. The molecule has 3 saturated heterocycles. The Morgan fingerprint density at radius 1 is 0.562 bits per heavy atom. The van der Waals surface area contributed by atoms with Gasteiger partial charge in [-0.2, -0.15) is 0 Å². The van der Waals surface area contributed by atoms with Crippen LogP contribution in [0.5, 0.6) is 11.5 Å². The maximum Gasteiger partial charge on any atom is 1.00 e. The van der Waals surface area contributed by atoms with Crippen LogP contribution >= 0.6 is 0 Å². The van der Waals surface area contributed by atoms with Gasteiger partial charge in [-0.1, -0.05) is 72.8 Å². The smallest absolute Gasteiger partial charge is 0.870 e. The minimum absolute atomic E-state index is 0. The number of pyridine rings is 2. The second kappa shape index (κ2) is 33.1. The molecule has 504 valence electrons. The molecule has 8 aromatic rings. The van der Waals surface area contributed by atoms with E-state index in [4.69, 9.17) is 28.4 Å². The average molecular weight is 1320 g/mol. The zero-order valence-electron chi connectivity index (χ0n) is 55.3. The van der Waals surface area contributed by atoms with Gasteiger partial charge in [0, 0.05) is 100 Å². The Hall–Kier alpha value is -9.02. The van der Waals surface area contributed by atoms with Gasteiger partial charge in [0.15, 0.2) is 0 Å². The Morgan fingerprint density at radius 2 is 0.938 bits per heavy atom. The Labute approximate surface area is 564 Å². The molecule has 4 N–H and O–H groups in total. The molecule has 4 atom stereocenters. The number of rotatable bonds is 16. The number of benzene rings is 6. The number of carboxylic acid groups (broad SMARTS) is 1. The molecule has 3 aliphatic heterocycles. The molecule has 0 unspecified atom stereocenters. The van der Waals surface area contributed by atoms with E-state index in [1.807, 2.05) is 56.0 Å². The minimum Gasteiger partial charge on any atom is -0.870 e. The van der Waals surface area contributed by atoms with Crippen LogP contribution in [0.4, 0.5) is 28.9 Å². The normalized spacial score (nSPS) is 15.7. The first-order chi connectivity index (χ1) is 45.1. The predicted octanol–water partition coefficient (Wildman–Crippen LogP) is 6.62. The molecule has 0 radical (unpaired) electrons. The van der Waals surface area contributed by atoms with E-state index < -0.39 is 70.2 Å². The number of morpholine rings is 2. The Kier molecular flexibility index (Phi) is 25.6. The fraction of sp³-hybridized carbons (Fsp3) is 0.352. The summed E-state index contributed by atoms with van der Waals surface area (Å²) in [5.74, 6) is -7.89. The van der Waals surface area contributed by atoms with Gasteiger partial charge in [-0.3, -0.25) is 19.2 Å². The summed E-state index contributed by atoms with van der Waals surface area (Å²) in [4.78, 5) is 81.7. The standard InChI is InChI=1S/C34H35F2N3O6.C33H33F2N3O6.C4H8O.Li.H2O/c1-19-14-29(43-4)30(33(41)38(19)3)25-11-10-21(23-8-6-7-9-24(23)25)15-28(34(42)44-5)37-32(40)31-26(35)16-22(17-27(31)36)39-12-13-45-18-20(39)2;1-18-13-28(43-4)29(32(40)37(18)3)24-10-9-20(22-7-5-6-8-23(22)24)14-27(33(41)42)36-31(39)30-25(34)15-21(16-26(30)35)38-11-12-44-17-19(38)2;1-2-4-5-3-1;;/h6-11,14,16-17,20,28H,12-13,15,18H2,1-5H3,(H,37,40);5-10,13,15-16,19,27H,11-12,14,17H2,1-4H3,(H,36,39)(H,41,42);1-4H2;;1H2/q;;;+1;/p-1/t20-,28-;19-,27-;;;/m00.../s1. The molecule has 3 aliphatic rings. The topological polar surface area (TPSA) is 248 Å². The number of carbonyl (C=O) groups is 4. The van der Waals surface area contributed by atoms with E-state index in [9.17, 15) is 33.9 Å². The van der Waals surface area contributed by atoms with Crippen molar-refractivity contribution >= 4 is 56.7 Å². The molecular formula is C71H77F4LiN6O14. The van der Waals surface area contributed by atoms with Crippen LogP contribution in [-0.2, 0) is 55.5 Å².